The minimum Gasteiger partial charge on any atom is -0.347 e. The first-order valence-electron chi connectivity index (χ1n) is 8.68. The average Bonchev–Trinajstić information content (AvgIpc) is 3.22. The van der Waals surface area contributed by atoms with Gasteiger partial charge in [-0.15, -0.1) is 0 Å². The largest absolute Gasteiger partial charge is 0.347 e. The van der Waals surface area contributed by atoms with Gasteiger partial charge >= 0.3 is 0 Å². The first kappa shape index (κ1) is 17.2. The average molecular weight is 341 g/mol. The van der Waals surface area contributed by atoms with Crippen molar-refractivity contribution in [1.29, 1.82) is 0 Å². The van der Waals surface area contributed by atoms with E-state index in [-0.39, 0.29) is 18.5 Å². The van der Waals surface area contributed by atoms with E-state index < -0.39 is 11.7 Å². The molecule has 1 aromatic carbocycles. The molecule has 2 aromatic rings. The summed E-state index contributed by atoms with van der Waals surface area (Å²) >= 11 is 0. The Labute approximate surface area is 146 Å². The summed E-state index contributed by atoms with van der Waals surface area (Å²) in [5.74, 6) is -1.15. The summed E-state index contributed by atoms with van der Waals surface area (Å²) in [7, 11) is 0. The molecule has 25 heavy (non-hydrogen) atoms. The summed E-state index contributed by atoms with van der Waals surface area (Å²) in [6, 6.07) is 7.25. The Morgan fingerprint density at radius 1 is 1.12 bits per heavy atom. The second-order valence-corrected chi connectivity index (χ2v) is 6.73. The summed E-state index contributed by atoms with van der Waals surface area (Å²) in [4.78, 5) is 38.9. The van der Waals surface area contributed by atoms with Crippen molar-refractivity contribution in [2.24, 2.45) is 0 Å². The Bertz CT molecular complexity index is 816. The SMILES string of the molecule is CC(C)NC(=O)C(=O)c1cn(CC(=O)N2CCCC2)c2ccccc12. The van der Waals surface area contributed by atoms with Crippen LogP contribution in [0.5, 0.6) is 0 Å². The highest BCUT2D eigenvalue weighted by atomic mass is 16.2. The number of carbonyl (C=O) groups excluding carboxylic acids is 3. The molecule has 1 aromatic heterocycles. The van der Waals surface area contributed by atoms with E-state index in [0.29, 0.717) is 10.9 Å². The lowest BCUT2D eigenvalue weighted by Gasteiger charge is -2.15. The van der Waals surface area contributed by atoms with Crippen LogP contribution in [0.4, 0.5) is 0 Å². The Hall–Kier alpha value is -2.63. The van der Waals surface area contributed by atoms with Crippen molar-refractivity contribution >= 4 is 28.5 Å². The van der Waals surface area contributed by atoms with E-state index in [1.54, 1.807) is 10.8 Å². The fourth-order valence-corrected chi connectivity index (χ4v) is 3.22. The number of rotatable bonds is 5. The molecule has 1 aliphatic rings. The molecule has 0 bridgehead atoms. The summed E-state index contributed by atoms with van der Waals surface area (Å²) in [6.45, 7) is 5.38. The van der Waals surface area contributed by atoms with Gasteiger partial charge in [0.05, 0.1) is 5.56 Å². The van der Waals surface area contributed by atoms with Gasteiger partial charge in [-0.25, -0.2) is 0 Å². The summed E-state index contributed by atoms with van der Waals surface area (Å²) in [5, 5.41) is 3.32. The maximum absolute atomic E-state index is 12.5. The third-order valence-electron chi connectivity index (χ3n) is 4.42. The maximum atomic E-state index is 12.5. The number of likely N-dealkylation sites (tertiary alicyclic amines) is 1. The molecule has 1 saturated heterocycles. The summed E-state index contributed by atoms with van der Waals surface area (Å²) in [5.41, 5.74) is 1.12. The minimum absolute atomic E-state index is 0.0453. The number of carbonyl (C=O) groups is 3. The number of benzene rings is 1. The monoisotopic (exact) mass is 341 g/mol. The predicted octanol–water partition coefficient (Wildman–Crippen LogP) is 1.97. The van der Waals surface area contributed by atoms with Crippen molar-refractivity contribution in [3.8, 4) is 0 Å². The van der Waals surface area contributed by atoms with Gasteiger partial charge in [0.2, 0.25) is 5.91 Å². The highest BCUT2D eigenvalue weighted by molar-refractivity contribution is 6.45. The number of Topliss-reactive ketones (excluding diaryl/α,β-unsaturated/α-hetero) is 1. The number of aromatic nitrogens is 1. The van der Waals surface area contributed by atoms with E-state index in [1.165, 1.54) is 0 Å². The first-order valence-corrected chi connectivity index (χ1v) is 8.68. The molecule has 0 radical (unpaired) electrons. The van der Waals surface area contributed by atoms with Crippen molar-refractivity contribution in [2.45, 2.75) is 39.3 Å². The van der Waals surface area contributed by atoms with Gasteiger partial charge in [-0.05, 0) is 32.8 Å². The van der Waals surface area contributed by atoms with E-state index >= 15 is 0 Å². The summed E-state index contributed by atoms with van der Waals surface area (Å²) in [6.07, 6.45) is 3.70. The topological polar surface area (TPSA) is 71.4 Å². The number of nitrogens with one attached hydrogen (secondary N) is 1. The molecule has 1 fully saturated rings. The maximum Gasteiger partial charge on any atom is 0.292 e. The number of nitrogens with zero attached hydrogens (tertiary/aromatic N) is 2. The van der Waals surface area contributed by atoms with Crippen LogP contribution in [0.3, 0.4) is 0 Å². The molecule has 6 nitrogen and oxygen atoms in total. The fraction of sp³-hybridized carbons (Fsp3) is 0.421. The van der Waals surface area contributed by atoms with Crippen LogP contribution in [-0.2, 0) is 16.1 Å². The molecule has 6 heteroatoms. The molecule has 0 saturated carbocycles. The standard InChI is InChI=1S/C19H23N3O3/c1-13(2)20-19(25)18(24)15-11-22(16-8-4-3-7-14(15)16)12-17(23)21-9-5-6-10-21/h3-4,7-8,11,13H,5-6,9-10,12H2,1-2H3,(H,20,25). The van der Waals surface area contributed by atoms with Gasteiger partial charge in [0.1, 0.15) is 6.54 Å². The number of fused-ring (bicyclic) bond motifs is 1. The molecule has 3 rings (SSSR count). The van der Waals surface area contributed by atoms with Gasteiger partial charge in [-0.1, -0.05) is 18.2 Å². The number of hydrogen-bond acceptors (Lipinski definition) is 3. The van der Waals surface area contributed by atoms with Gasteiger partial charge in [-0.2, -0.15) is 0 Å². The lowest BCUT2D eigenvalue weighted by atomic mass is 10.1. The Kier molecular flexibility index (Phi) is 4.88. The van der Waals surface area contributed by atoms with Crippen molar-refractivity contribution < 1.29 is 14.4 Å². The lowest BCUT2D eigenvalue weighted by molar-refractivity contribution is -0.130. The molecular formula is C19H23N3O3. The van der Waals surface area contributed by atoms with Crippen LogP contribution in [0.25, 0.3) is 10.9 Å². The minimum atomic E-state index is -0.622. The van der Waals surface area contributed by atoms with Gasteiger partial charge in [-0.3, -0.25) is 14.4 Å². The molecule has 0 unspecified atom stereocenters. The zero-order valence-corrected chi connectivity index (χ0v) is 14.6. The van der Waals surface area contributed by atoms with Crippen LogP contribution in [0.15, 0.2) is 30.5 Å². The van der Waals surface area contributed by atoms with E-state index in [9.17, 15) is 14.4 Å². The molecule has 2 amide bonds. The van der Waals surface area contributed by atoms with Crippen LogP contribution in [0.1, 0.15) is 37.0 Å². The van der Waals surface area contributed by atoms with Gasteiger partial charge < -0.3 is 14.8 Å². The highest BCUT2D eigenvalue weighted by Gasteiger charge is 2.24. The van der Waals surface area contributed by atoms with E-state index in [1.807, 2.05) is 43.0 Å². The number of amides is 2. The Morgan fingerprint density at radius 3 is 2.48 bits per heavy atom. The van der Waals surface area contributed by atoms with Crippen LogP contribution >= 0.6 is 0 Å². The van der Waals surface area contributed by atoms with E-state index in [0.717, 1.165) is 31.4 Å². The summed E-state index contributed by atoms with van der Waals surface area (Å²) < 4.78 is 1.77. The van der Waals surface area contributed by atoms with Crippen molar-refractivity contribution in [2.75, 3.05) is 13.1 Å². The molecule has 132 valence electrons. The highest BCUT2D eigenvalue weighted by Crippen LogP contribution is 2.22. The van der Waals surface area contributed by atoms with Crippen molar-refractivity contribution in [3.05, 3.63) is 36.0 Å². The lowest BCUT2D eigenvalue weighted by Crippen LogP contribution is -2.35. The quantitative estimate of drug-likeness (QED) is 0.668. The number of ketones is 1. The Balaban J connectivity index is 1.91. The Morgan fingerprint density at radius 2 is 1.80 bits per heavy atom. The van der Waals surface area contributed by atoms with Crippen molar-refractivity contribution in [3.63, 3.8) is 0 Å². The van der Waals surface area contributed by atoms with Crippen LogP contribution in [0, 0.1) is 0 Å². The van der Waals surface area contributed by atoms with Crippen LogP contribution in [0.2, 0.25) is 0 Å². The number of para-hydroxylation sites is 1. The molecule has 0 aliphatic carbocycles. The molecule has 1 aliphatic heterocycles. The van der Waals surface area contributed by atoms with Gasteiger partial charge in [0.15, 0.2) is 0 Å². The smallest absolute Gasteiger partial charge is 0.292 e. The second-order valence-electron chi connectivity index (χ2n) is 6.73. The molecule has 1 N–H and O–H groups in total. The molecular weight excluding hydrogens is 318 g/mol. The zero-order valence-electron chi connectivity index (χ0n) is 14.6. The number of hydrogen-bond donors (Lipinski definition) is 1. The van der Waals surface area contributed by atoms with Gasteiger partial charge in [0.25, 0.3) is 11.7 Å². The molecule has 0 spiro atoms. The van der Waals surface area contributed by atoms with Gasteiger partial charge in [0, 0.05) is 36.2 Å². The van der Waals surface area contributed by atoms with E-state index in [2.05, 4.69) is 5.32 Å². The fourth-order valence-electron chi connectivity index (χ4n) is 3.22. The third-order valence-corrected chi connectivity index (χ3v) is 4.42. The first-order chi connectivity index (χ1) is 12.0. The zero-order chi connectivity index (χ0) is 18.0. The third kappa shape index (κ3) is 3.57. The van der Waals surface area contributed by atoms with E-state index in [4.69, 9.17) is 0 Å². The molecule has 0 atom stereocenters. The molecule has 2 heterocycles. The van der Waals surface area contributed by atoms with Crippen LogP contribution < -0.4 is 5.32 Å². The predicted molar refractivity (Wildman–Crippen MR) is 95.4 cm³/mol. The van der Waals surface area contributed by atoms with Crippen molar-refractivity contribution in [1.82, 2.24) is 14.8 Å². The van der Waals surface area contributed by atoms with Crippen LogP contribution in [-0.4, -0.2) is 46.2 Å². The second kappa shape index (κ2) is 7.09. The normalized spacial score (nSPS) is 14.3.